The topological polar surface area (TPSA) is 0 Å². The normalized spacial score (nSPS) is 15.4. The first-order chi connectivity index (χ1) is 16.1. The molecule has 0 saturated heterocycles. The van der Waals surface area contributed by atoms with Crippen molar-refractivity contribution >= 4 is 35.0 Å². The van der Waals surface area contributed by atoms with Gasteiger partial charge >= 0.3 is 24.2 Å². The number of unbranched alkanes of at least 4 members (excludes halogenated alkanes) is 6. The molecule has 0 aliphatic heterocycles. The van der Waals surface area contributed by atoms with Crippen LogP contribution in [0.25, 0.3) is 0 Å². The minimum absolute atomic E-state index is 0.263. The number of hydrogen-bond acceptors (Lipinski definition) is 1. The van der Waals surface area contributed by atoms with Crippen LogP contribution in [-0.2, 0) is 0 Å². The lowest BCUT2D eigenvalue weighted by molar-refractivity contribution is -0.284. The second-order valence-corrected chi connectivity index (χ2v) is 11.0. The van der Waals surface area contributed by atoms with Gasteiger partial charge in [-0.25, -0.2) is 0 Å². The fourth-order valence-corrected chi connectivity index (χ4v) is 5.48. The standard InChI is InChI=1S/C22H34Cl2F10S/c23-15-7-3-1-5-9-17(11-13-19(25,26)21(29,30)31)35-18(10-6-2-4-8-16-24)12-14-20(27,28)22(32,33)34/h17-18H,1-16H2. The molecular weight excluding hydrogens is 557 g/mol. The maximum Gasteiger partial charge on any atom is 0.453 e. The van der Waals surface area contributed by atoms with E-state index in [9.17, 15) is 43.9 Å². The van der Waals surface area contributed by atoms with Crippen molar-refractivity contribution in [2.24, 2.45) is 0 Å². The monoisotopic (exact) mass is 590 g/mol. The molecule has 212 valence electrons. The molecule has 0 heterocycles. The molecule has 0 aliphatic carbocycles. The Morgan fingerprint density at radius 3 is 1.06 bits per heavy atom. The summed E-state index contributed by atoms with van der Waals surface area (Å²) in [5.74, 6) is -8.94. The average Bonchev–Trinajstić information content (AvgIpc) is 2.73. The molecule has 0 aromatic carbocycles. The molecule has 0 aromatic heterocycles. The van der Waals surface area contributed by atoms with E-state index in [1.54, 1.807) is 0 Å². The Morgan fingerprint density at radius 1 is 0.457 bits per heavy atom. The molecule has 35 heavy (non-hydrogen) atoms. The molecule has 0 aliphatic rings. The Kier molecular flexibility index (Phi) is 17.1. The Morgan fingerprint density at radius 2 is 0.771 bits per heavy atom. The van der Waals surface area contributed by atoms with Crippen molar-refractivity contribution in [2.45, 2.75) is 125 Å². The third-order valence-electron chi connectivity index (χ3n) is 5.59. The van der Waals surface area contributed by atoms with Gasteiger partial charge in [0.2, 0.25) is 0 Å². The smallest absolute Gasteiger partial charge is 0.196 e. The highest BCUT2D eigenvalue weighted by Gasteiger charge is 2.57. The van der Waals surface area contributed by atoms with Crippen molar-refractivity contribution in [1.82, 2.24) is 0 Å². The van der Waals surface area contributed by atoms with E-state index in [0.29, 0.717) is 50.3 Å². The Labute approximate surface area is 215 Å². The SMILES string of the molecule is FC(F)(F)C(F)(F)CCC(CCCCCCCl)SC(CCCCCCCl)CCC(F)(F)C(F)(F)F. The van der Waals surface area contributed by atoms with Gasteiger partial charge < -0.3 is 0 Å². The number of hydrogen-bond donors (Lipinski definition) is 0. The van der Waals surface area contributed by atoms with Gasteiger partial charge in [-0.2, -0.15) is 55.7 Å². The molecule has 0 fully saturated rings. The van der Waals surface area contributed by atoms with Crippen molar-refractivity contribution in [3.05, 3.63) is 0 Å². The molecule has 0 radical (unpaired) electrons. The lowest BCUT2D eigenvalue weighted by Crippen LogP contribution is -2.37. The number of thioether (sulfide) groups is 1. The van der Waals surface area contributed by atoms with Crippen LogP contribution in [0.2, 0.25) is 0 Å². The van der Waals surface area contributed by atoms with Crippen LogP contribution in [0.1, 0.15) is 89.9 Å². The number of alkyl halides is 12. The van der Waals surface area contributed by atoms with E-state index in [0.717, 1.165) is 24.6 Å². The predicted molar refractivity (Wildman–Crippen MR) is 123 cm³/mol. The summed E-state index contributed by atoms with van der Waals surface area (Å²) in [7, 11) is 0. The Balaban J connectivity index is 5.30. The summed E-state index contributed by atoms with van der Waals surface area (Å²) in [6.07, 6.45) is -9.63. The zero-order chi connectivity index (χ0) is 27.2. The first kappa shape index (κ1) is 35.2. The molecule has 2 unspecified atom stereocenters. The van der Waals surface area contributed by atoms with Crippen LogP contribution in [-0.4, -0.2) is 46.5 Å². The minimum atomic E-state index is -5.71. The second-order valence-electron chi connectivity index (χ2n) is 8.65. The second kappa shape index (κ2) is 16.9. The van der Waals surface area contributed by atoms with Gasteiger partial charge in [-0.05, 0) is 38.5 Å². The van der Waals surface area contributed by atoms with Crippen molar-refractivity contribution in [1.29, 1.82) is 0 Å². The van der Waals surface area contributed by atoms with Gasteiger partial charge in [-0.1, -0.05) is 38.5 Å². The molecule has 0 nitrogen and oxygen atoms in total. The van der Waals surface area contributed by atoms with Gasteiger partial charge in [-0.15, -0.1) is 23.2 Å². The van der Waals surface area contributed by atoms with Gasteiger partial charge in [0, 0.05) is 35.1 Å². The third kappa shape index (κ3) is 15.3. The van der Waals surface area contributed by atoms with Gasteiger partial charge in [0.05, 0.1) is 0 Å². The quantitative estimate of drug-likeness (QED) is 0.0771. The molecule has 0 bridgehead atoms. The number of halogens is 12. The van der Waals surface area contributed by atoms with Crippen LogP contribution >= 0.6 is 35.0 Å². The molecule has 0 N–H and O–H groups in total. The Hall–Kier alpha value is 0.230. The Bertz CT molecular complexity index is 495. The fraction of sp³-hybridized carbons (Fsp3) is 1.00. The van der Waals surface area contributed by atoms with E-state index in [-0.39, 0.29) is 12.8 Å². The van der Waals surface area contributed by atoms with Crippen molar-refractivity contribution in [3.63, 3.8) is 0 Å². The molecule has 2 atom stereocenters. The molecular formula is C22H34Cl2F10S. The highest BCUT2D eigenvalue weighted by atomic mass is 35.5. The van der Waals surface area contributed by atoms with Gasteiger partial charge in [0.25, 0.3) is 0 Å². The summed E-state index contributed by atoms with van der Waals surface area (Å²) in [5.41, 5.74) is 0. The van der Waals surface area contributed by atoms with Crippen molar-refractivity contribution in [2.75, 3.05) is 11.8 Å². The highest BCUT2D eigenvalue weighted by molar-refractivity contribution is 8.00. The van der Waals surface area contributed by atoms with Crippen LogP contribution in [0.5, 0.6) is 0 Å². The molecule has 0 spiro atoms. The lowest BCUT2D eigenvalue weighted by Gasteiger charge is -2.28. The zero-order valence-corrected chi connectivity index (χ0v) is 21.7. The summed E-state index contributed by atoms with van der Waals surface area (Å²) in [6, 6.07) is 0. The lowest BCUT2D eigenvalue weighted by atomic mass is 10.0. The summed E-state index contributed by atoms with van der Waals surface area (Å²) >= 11 is 12.2. The van der Waals surface area contributed by atoms with Crippen LogP contribution in [0.15, 0.2) is 0 Å². The minimum Gasteiger partial charge on any atom is -0.196 e. The van der Waals surface area contributed by atoms with Crippen LogP contribution < -0.4 is 0 Å². The van der Waals surface area contributed by atoms with E-state index < -0.39 is 60.4 Å². The molecule has 0 amide bonds. The van der Waals surface area contributed by atoms with E-state index >= 15 is 0 Å². The maximum absolute atomic E-state index is 13.5. The van der Waals surface area contributed by atoms with E-state index in [1.165, 1.54) is 0 Å². The summed E-state index contributed by atoms with van der Waals surface area (Å²) in [4.78, 5) is 0. The number of rotatable bonds is 20. The van der Waals surface area contributed by atoms with Crippen molar-refractivity contribution in [3.8, 4) is 0 Å². The highest BCUT2D eigenvalue weighted by Crippen LogP contribution is 2.43. The first-order valence-electron chi connectivity index (χ1n) is 11.7. The zero-order valence-electron chi connectivity index (χ0n) is 19.4. The maximum atomic E-state index is 13.5. The van der Waals surface area contributed by atoms with Crippen LogP contribution in [0.4, 0.5) is 43.9 Å². The summed E-state index contributed by atoms with van der Waals surface area (Å²) in [6.45, 7) is 0. The van der Waals surface area contributed by atoms with E-state index in [1.807, 2.05) is 0 Å². The van der Waals surface area contributed by atoms with Crippen molar-refractivity contribution < 1.29 is 43.9 Å². The van der Waals surface area contributed by atoms with Gasteiger partial charge in [0.1, 0.15) is 0 Å². The first-order valence-corrected chi connectivity index (χ1v) is 13.7. The summed E-state index contributed by atoms with van der Waals surface area (Å²) < 4.78 is 130. The van der Waals surface area contributed by atoms with Gasteiger partial charge in [-0.3, -0.25) is 0 Å². The molecule has 0 saturated carbocycles. The van der Waals surface area contributed by atoms with Crippen LogP contribution in [0.3, 0.4) is 0 Å². The molecule has 0 aromatic rings. The molecule has 0 rings (SSSR count). The largest absolute Gasteiger partial charge is 0.453 e. The van der Waals surface area contributed by atoms with E-state index in [2.05, 4.69) is 0 Å². The van der Waals surface area contributed by atoms with E-state index in [4.69, 9.17) is 23.2 Å². The third-order valence-corrected chi connectivity index (χ3v) is 7.84. The summed E-state index contributed by atoms with van der Waals surface area (Å²) in [5, 5.41) is -1.43. The molecule has 13 heteroatoms. The predicted octanol–water partition coefficient (Wildman–Crippen LogP) is 10.8. The fourth-order valence-electron chi connectivity index (χ4n) is 3.44. The van der Waals surface area contributed by atoms with Gasteiger partial charge in [0.15, 0.2) is 0 Å². The van der Waals surface area contributed by atoms with Crippen LogP contribution in [0, 0.1) is 0 Å². The average molecular weight is 591 g/mol.